The molecule has 1 amide bonds. The second-order valence-corrected chi connectivity index (χ2v) is 24.2. The van der Waals surface area contributed by atoms with Gasteiger partial charge in [0.05, 0.1) is 79.4 Å². The molecule has 3 N–H and O–H groups in total. The second-order valence-electron chi connectivity index (χ2n) is 23.0. The molecule has 438 valence electrons. The van der Waals surface area contributed by atoms with Crippen LogP contribution in [0.4, 0.5) is 26.3 Å². The maximum Gasteiger partial charge on any atom is 0.339 e. The summed E-state index contributed by atoms with van der Waals surface area (Å²) in [5.74, 6) is -9.78. The number of amides is 1. The first-order valence-corrected chi connectivity index (χ1v) is 27.6. The van der Waals surface area contributed by atoms with Crippen LogP contribution in [0.3, 0.4) is 0 Å². The SMILES string of the molecule is CC(C)Oc1nc2nc(C34COC(C)(C3)C4)cn2cc1CC(=O)c1cccc2c1OCC2(F)F.CC(C)Oc1nc2nc(C34COC(C)(C3)C4)cn2cc1I.NC(=O)c1cccc2c1OCC2(F)F.O=C(O)c1cccc2c1OCC2(F)F. The summed E-state index contributed by atoms with van der Waals surface area (Å²) in [5, 5.41) is 8.69. The van der Waals surface area contributed by atoms with Gasteiger partial charge >= 0.3 is 23.7 Å². The van der Waals surface area contributed by atoms with Crippen molar-refractivity contribution in [1.82, 2.24) is 28.7 Å². The number of fused-ring (bicyclic) bond motifs is 7. The first-order chi connectivity index (χ1) is 39.0. The van der Waals surface area contributed by atoms with Crippen molar-refractivity contribution in [2.45, 2.75) is 126 Å². The summed E-state index contributed by atoms with van der Waals surface area (Å²) in [6.45, 7) is 11.2. The van der Waals surface area contributed by atoms with E-state index in [9.17, 15) is 40.7 Å². The van der Waals surface area contributed by atoms with E-state index in [0.29, 0.717) is 35.5 Å². The molecule has 7 aromatic rings. The molecule has 0 atom stereocenters. The van der Waals surface area contributed by atoms with Crippen LogP contribution < -0.4 is 29.4 Å². The van der Waals surface area contributed by atoms with Crippen molar-refractivity contribution < 1.29 is 79.0 Å². The molecule has 0 unspecified atom stereocenters. The van der Waals surface area contributed by atoms with Gasteiger partial charge in [-0.1, -0.05) is 18.2 Å². The second kappa shape index (κ2) is 20.5. The lowest BCUT2D eigenvalue weighted by atomic mass is 9.62. The van der Waals surface area contributed by atoms with Crippen LogP contribution in [-0.4, -0.2) is 108 Å². The fourth-order valence-corrected chi connectivity index (χ4v) is 12.5. The Bertz CT molecular complexity index is 3690. The number of alkyl halides is 6. The number of benzene rings is 3. The number of imidazole rings is 2. The maximum absolute atomic E-state index is 14.1. The number of hydrogen-bond acceptors (Lipinski definition) is 14. The molecular formula is C58H56F6IN7O11. The van der Waals surface area contributed by atoms with Gasteiger partial charge in [0, 0.05) is 47.6 Å². The van der Waals surface area contributed by atoms with Gasteiger partial charge in [-0.2, -0.15) is 36.3 Å². The molecule has 0 radical (unpaired) electrons. The lowest BCUT2D eigenvalue weighted by molar-refractivity contribution is -0.0217. The maximum atomic E-state index is 14.1. The molecule has 6 fully saturated rings. The fraction of sp³-hybridized carbons (Fsp3) is 0.431. The smallest absolute Gasteiger partial charge is 0.339 e. The van der Waals surface area contributed by atoms with E-state index in [2.05, 4.69) is 57.3 Å². The number of para-hydroxylation sites is 3. The van der Waals surface area contributed by atoms with Crippen LogP contribution in [0.15, 0.2) is 79.4 Å². The van der Waals surface area contributed by atoms with Crippen molar-refractivity contribution >= 4 is 51.8 Å². The number of primary amides is 1. The molecule has 83 heavy (non-hydrogen) atoms. The van der Waals surface area contributed by atoms with Crippen molar-refractivity contribution in [3.63, 3.8) is 0 Å². The van der Waals surface area contributed by atoms with Gasteiger partial charge in [0.25, 0.3) is 5.91 Å². The number of aromatic carboxylic acids is 1. The third kappa shape index (κ3) is 10.6. The number of carbonyl (C=O) groups excluding carboxylic acids is 2. The van der Waals surface area contributed by atoms with Gasteiger partial charge in [-0.15, -0.1) is 0 Å². The first-order valence-electron chi connectivity index (χ1n) is 26.6. The first kappa shape index (κ1) is 57.6. The predicted octanol–water partition coefficient (Wildman–Crippen LogP) is 10.3. The average Bonchev–Trinajstić information content (AvgIpc) is 2.38. The van der Waals surface area contributed by atoms with E-state index in [1.165, 1.54) is 54.6 Å². The number of carbonyl (C=O) groups is 3. The number of carboxylic acids is 1. The quantitative estimate of drug-likeness (QED) is 0.0698. The summed E-state index contributed by atoms with van der Waals surface area (Å²) in [6, 6.07) is 11.9. The lowest BCUT2D eigenvalue weighted by Crippen LogP contribution is -2.45. The van der Waals surface area contributed by atoms with Crippen LogP contribution in [0.1, 0.15) is 132 Å². The summed E-state index contributed by atoms with van der Waals surface area (Å²) in [6.07, 6.45) is 11.7. The lowest BCUT2D eigenvalue weighted by Gasteiger charge is -2.41. The summed E-state index contributed by atoms with van der Waals surface area (Å²) in [7, 11) is 0. The fourth-order valence-electron chi connectivity index (χ4n) is 11.9. The zero-order valence-electron chi connectivity index (χ0n) is 45.7. The van der Waals surface area contributed by atoms with Crippen LogP contribution in [0.2, 0.25) is 0 Å². The van der Waals surface area contributed by atoms with E-state index in [4.69, 9.17) is 49.2 Å². The Balaban J connectivity index is 0.000000125. The largest absolute Gasteiger partial charge is 0.486 e. The van der Waals surface area contributed by atoms with E-state index in [0.717, 1.165) is 47.2 Å². The summed E-state index contributed by atoms with van der Waals surface area (Å²) < 4.78 is 123. The number of rotatable bonds is 11. The van der Waals surface area contributed by atoms with Crippen molar-refractivity contribution in [3.05, 3.63) is 133 Å². The number of hydrogen-bond donors (Lipinski definition) is 2. The van der Waals surface area contributed by atoms with Gasteiger partial charge in [-0.05, 0) is 126 Å². The molecule has 4 aromatic heterocycles. The molecule has 9 aliphatic rings. The number of halogens is 7. The van der Waals surface area contributed by atoms with E-state index < -0.39 is 49.5 Å². The minimum atomic E-state index is -3.10. The van der Waals surface area contributed by atoms with Crippen molar-refractivity contribution in [2.75, 3.05) is 33.0 Å². The normalized spacial score (nSPS) is 24.5. The monoisotopic (exact) mass is 1270 g/mol. The zero-order valence-corrected chi connectivity index (χ0v) is 47.8. The molecule has 4 saturated heterocycles. The summed E-state index contributed by atoms with van der Waals surface area (Å²) >= 11 is 2.25. The molecule has 25 heteroatoms. The molecule has 4 bridgehead atoms. The molecule has 2 aliphatic carbocycles. The third-order valence-electron chi connectivity index (χ3n) is 15.4. The van der Waals surface area contributed by atoms with E-state index in [1.807, 2.05) is 44.5 Å². The van der Waals surface area contributed by atoms with Gasteiger partial charge in [0.15, 0.2) is 25.6 Å². The Labute approximate surface area is 484 Å². The van der Waals surface area contributed by atoms with Crippen LogP contribution >= 0.6 is 22.6 Å². The Morgan fingerprint density at radius 1 is 0.602 bits per heavy atom. The number of ether oxygens (including phenoxy) is 7. The summed E-state index contributed by atoms with van der Waals surface area (Å²) in [4.78, 5) is 53.4. The molecule has 2 saturated carbocycles. The van der Waals surface area contributed by atoms with Crippen LogP contribution in [-0.2, 0) is 44.5 Å². The van der Waals surface area contributed by atoms with E-state index >= 15 is 0 Å². The molecule has 7 aliphatic heterocycles. The zero-order chi connectivity index (χ0) is 59.4. The molecular weight excluding hydrogens is 1210 g/mol. The van der Waals surface area contributed by atoms with E-state index in [-0.39, 0.29) is 97.1 Å². The minimum Gasteiger partial charge on any atom is -0.486 e. The van der Waals surface area contributed by atoms with Gasteiger partial charge in [0.2, 0.25) is 23.3 Å². The van der Waals surface area contributed by atoms with Gasteiger partial charge in [-0.25, -0.2) is 14.8 Å². The Morgan fingerprint density at radius 3 is 1.45 bits per heavy atom. The topological polar surface area (TPSA) is 222 Å². The number of nitrogens with two attached hydrogens (primary N) is 1. The van der Waals surface area contributed by atoms with Crippen molar-refractivity contribution in [1.29, 1.82) is 0 Å². The van der Waals surface area contributed by atoms with Crippen LogP contribution in [0.25, 0.3) is 11.6 Å². The Morgan fingerprint density at radius 2 is 1.01 bits per heavy atom. The minimum absolute atomic E-state index is 0.000301. The molecule has 0 spiro atoms. The highest BCUT2D eigenvalue weighted by Gasteiger charge is 2.63. The van der Waals surface area contributed by atoms with Gasteiger partial charge in [-0.3, -0.25) is 18.4 Å². The number of ketones is 1. The van der Waals surface area contributed by atoms with Gasteiger partial charge in [0.1, 0.15) is 22.8 Å². The molecule has 11 heterocycles. The van der Waals surface area contributed by atoms with Gasteiger partial charge < -0.3 is 44.0 Å². The third-order valence-corrected chi connectivity index (χ3v) is 16.2. The highest BCUT2D eigenvalue weighted by molar-refractivity contribution is 14.1. The number of carboxylic acid groups (broad SMARTS) is 1. The molecule has 3 aromatic carbocycles. The van der Waals surface area contributed by atoms with Crippen LogP contribution in [0.5, 0.6) is 29.0 Å². The summed E-state index contributed by atoms with van der Waals surface area (Å²) in [5.41, 5.74) is 6.64. The molecule has 18 nitrogen and oxygen atoms in total. The van der Waals surface area contributed by atoms with Crippen LogP contribution in [0, 0.1) is 3.57 Å². The average molecular weight is 1270 g/mol. The van der Waals surface area contributed by atoms with E-state index in [1.54, 1.807) is 10.6 Å². The highest BCUT2D eigenvalue weighted by Crippen LogP contribution is 2.59. The van der Waals surface area contributed by atoms with Crippen molar-refractivity contribution in [3.8, 4) is 29.0 Å². The number of nitrogens with zero attached hydrogens (tertiary/aromatic N) is 6. The van der Waals surface area contributed by atoms with Crippen molar-refractivity contribution in [2.24, 2.45) is 5.73 Å². The predicted molar refractivity (Wildman–Crippen MR) is 292 cm³/mol. The highest BCUT2D eigenvalue weighted by atomic mass is 127. The Hall–Kier alpha value is -7.26. The number of Topliss-reactive ketones (excluding diaryl/α,β-unsaturated/α-hetero) is 1. The Kier molecular flexibility index (Phi) is 14.2. The number of aromatic nitrogens is 6. The standard InChI is InChI=1S/C25H25F2N3O4.C15H18IN3O2.C9H7F2NO2.C9H6F2O3/c1-14(2)34-21-15(7-18(31)16-5-4-6-17-20(16)32-13-25(17,26)27)8-30-9-19(28-22(30)29-21)24-10-23(3,11-24)33-12-24;1-9(2)21-12-10(16)4-19-5-11(17-13(19)18-12)15-6-14(3,7-15)20-8-15;2*10-9(11)4-14-7-5(8(12)13)2-1-3-6(7)9/h4-6,8-9,14H,7,10-13H2,1-3H3;4-5,9H,6-8H2,1-3H3;1-3H,4H2,(H2,12,13);1-3H,4H2,(H,12,13). The molecule has 16 rings (SSSR count).